The summed E-state index contributed by atoms with van der Waals surface area (Å²) in [4.78, 5) is 13.7. The molecule has 1 heterocycles. The molecule has 3 aliphatic rings. The summed E-state index contributed by atoms with van der Waals surface area (Å²) < 4.78 is 0. The first-order valence-corrected chi connectivity index (χ1v) is 5.83. The maximum Gasteiger partial charge on any atom is 0.146 e. The van der Waals surface area contributed by atoms with Gasteiger partial charge < -0.3 is 0 Å². The van der Waals surface area contributed by atoms with Crippen LogP contribution < -0.4 is 0 Å². The molecule has 3 rings (SSSR count). The zero-order valence-corrected chi connectivity index (χ0v) is 9.12. The Hall–Kier alpha value is -0.370. The first-order valence-electron chi connectivity index (χ1n) is 5.83. The molecule has 0 bridgehead atoms. The normalized spacial score (nSPS) is 47.3. The molecular weight excluding hydrogens is 174 g/mol. The van der Waals surface area contributed by atoms with Gasteiger partial charge in [0.15, 0.2) is 0 Å². The van der Waals surface area contributed by atoms with Crippen LogP contribution in [0.1, 0.15) is 32.6 Å². The van der Waals surface area contributed by atoms with Gasteiger partial charge in [0.2, 0.25) is 0 Å². The third-order valence-corrected chi connectivity index (χ3v) is 4.61. The Morgan fingerprint density at radius 3 is 2.57 bits per heavy atom. The number of hydrogen-bond donors (Lipinski definition) is 0. The van der Waals surface area contributed by atoms with Gasteiger partial charge in [-0.25, -0.2) is 0 Å². The van der Waals surface area contributed by atoms with Crippen LogP contribution in [0.5, 0.6) is 0 Å². The summed E-state index contributed by atoms with van der Waals surface area (Å²) in [5.41, 5.74) is 0.576. The largest absolute Gasteiger partial charge is 0.298 e. The fraction of sp³-hybridized carbons (Fsp3) is 0.917. The maximum atomic E-state index is 11.4. The quantitative estimate of drug-likeness (QED) is 0.665. The van der Waals surface area contributed by atoms with Crippen molar-refractivity contribution in [1.82, 2.24) is 4.90 Å². The Labute approximate surface area is 85.7 Å². The third kappa shape index (κ3) is 1.16. The minimum Gasteiger partial charge on any atom is -0.298 e. The van der Waals surface area contributed by atoms with E-state index in [4.69, 9.17) is 0 Å². The van der Waals surface area contributed by atoms with E-state index in [1.165, 1.54) is 25.8 Å². The van der Waals surface area contributed by atoms with Crippen molar-refractivity contribution < 1.29 is 4.79 Å². The Morgan fingerprint density at radius 1 is 1.36 bits per heavy atom. The number of likely N-dealkylation sites (N-methyl/N-ethyl adjacent to an activating group) is 1. The van der Waals surface area contributed by atoms with Gasteiger partial charge in [-0.2, -0.15) is 0 Å². The van der Waals surface area contributed by atoms with Crippen molar-refractivity contribution >= 4 is 5.78 Å². The molecule has 2 heteroatoms. The molecule has 1 aliphatic heterocycles. The van der Waals surface area contributed by atoms with Crippen LogP contribution in [0.3, 0.4) is 0 Å². The Bertz CT molecular complexity index is 284. The molecule has 2 aliphatic carbocycles. The first-order chi connectivity index (χ1) is 6.62. The van der Waals surface area contributed by atoms with Gasteiger partial charge in [-0.05, 0) is 56.9 Å². The van der Waals surface area contributed by atoms with Gasteiger partial charge in [0.05, 0.1) is 6.04 Å². The molecule has 0 radical (unpaired) electrons. The lowest BCUT2D eigenvalue weighted by atomic mass is 9.96. The summed E-state index contributed by atoms with van der Waals surface area (Å²) in [5, 5.41) is 0. The average molecular weight is 193 g/mol. The van der Waals surface area contributed by atoms with Gasteiger partial charge in [0.1, 0.15) is 5.78 Å². The zero-order valence-electron chi connectivity index (χ0n) is 9.12. The minimum atomic E-state index is 0.235. The summed E-state index contributed by atoms with van der Waals surface area (Å²) in [5.74, 6) is 2.38. The number of hydrogen-bond acceptors (Lipinski definition) is 2. The number of ketones is 1. The zero-order chi connectivity index (χ0) is 9.92. The van der Waals surface area contributed by atoms with E-state index >= 15 is 0 Å². The van der Waals surface area contributed by atoms with Crippen LogP contribution in [-0.4, -0.2) is 30.3 Å². The van der Waals surface area contributed by atoms with E-state index in [0.29, 0.717) is 11.2 Å². The van der Waals surface area contributed by atoms with Crippen molar-refractivity contribution in [3.05, 3.63) is 0 Å². The fourth-order valence-electron chi connectivity index (χ4n) is 3.63. The fourth-order valence-corrected chi connectivity index (χ4v) is 3.63. The van der Waals surface area contributed by atoms with E-state index in [1.807, 2.05) is 0 Å². The Balaban J connectivity index is 1.71. The predicted octanol–water partition coefficient (Wildman–Crippen LogP) is 1.70. The molecule has 78 valence electrons. The highest BCUT2D eigenvalue weighted by Crippen LogP contribution is 2.67. The maximum absolute atomic E-state index is 11.4. The Kier molecular flexibility index (Phi) is 1.65. The second-order valence-electron chi connectivity index (χ2n) is 5.76. The van der Waals surface area contributed by atoms with Crippen molar-refractivity contribution in [2.45, 2.75) is 38.6 Å². The van der Waals surface area contributed by atoms with Crippen LogP contribution in [0.25, 0.3) is 0 Å². The summed E-state index contributed by atoms with van der Waals surface area (Å²) in [6.45, 7) is 2.92. The molecule has 0 aromatic rings. The second-order valence-corrected chi connectivity index (χ2v) is 5.76. The van der Waals surface area contributed by atoms with Crippen LogP contribution in [0.15, 0.2) is 0 Å². The van der Waals surface area contributed by atoms with E-state index in [2.05, 4.69) is 11.9 Å². The highest BCUT2D eigenvalue weighted by molar-refractivity contribution is 5.82. The van der Waals surface area contributed by atoms with E-state index in [1.54, 1.807) is 6.92 Å². The highest BCUT2D eigenvalue weighted by Gasteiger charge is 2.63. The van der Waals surface area contributed by atoms with Gasteiger partial charge in [-0.3, -0.25) is 9.69 Å². The minimum absolute atomic E-state index is 0.235. The molecule has 0 amide bonds. The summed E-state index contributed by atoms with van der Waals surface area (Å²) >= 11 is 0. The van der Waals surface area contributed by atoms with Crippen molar-refractivity contribution in [1.29, 1.82) is 0 Å². The number of likely N-dealkylation sites (tertiary alicyclic amines) is 1. The molecule has 3 atom stereocenters. The lowest BCUT2D eigenvalue weighted by molar-refractivity contribution is -0.120. The number of carbonyl (C=O) groups excluding carboxylic acids is 1. The Morgan fingerprint density at radius 2 is 2.07 bits per heavy atom. The van der Waals surface area contributed by atoms with Crippen LogP contribution in [0.4, 0.5) is 0 Å². The lowest BCUT2D eigenvalue weighted by Crippen LogP contribution is -2.30. The predicted molar refractivity (Wildman–Crippen MR) is 55.0 cm³/mol. The van der Waals surface area contributed by atoms with E-state index in [9.17, 15) is 4.79 Å². The van der Waals surface area contributed by atoms with Crippen molar-refractivity contribution in [3.63, 3.8) is 0 Å². The van der Waals surface area contributed by atoms with Crippen LogP contribution in [-0.2, 0) is 4.79 Å². The second kappa shape index (κ2) is 2.60. The standard InChI is InChI=1S/C12H19NO/c1-8(14)11-6-12(7-13(11)2)5-10(12)9-3-4-9/h9-11H,3-7H2,1-2H3/t10-,11+,12-/m1/s1. The monoisotopic (exact) mass is 193 g/mol. The van der Waals surface area contributed by atoms with E-state index < -0.39 is 0 Å². The lowest BCUT2D eigenvalue weighted by Gasteiger charge is -2.14. The van der Waals surface area contributed by atoms with Gasteiger partial charge >= 0.3 is 0 Å². The third-order valence-electron chi connectivity index (χ3n) is 4.61. The highest BCUT2D eigenvalue weighted by atomic mass is 16.1. The van der Waals surface area contributed by atoms with Crippen molar-refractivity contribution in [2.24, 2.45) is 17.3 Å². The summed E-state index contributed by atoms with van der Waals surface area (Å²) in [6.07, 6.45) is 5.48. The van der Waals surface area contributed by atoms with Crippen molar-refractivity contribution in [3.8, 4) is 0 Å². The molecular formula is C12H19NO. The first kappa shape index (κ1) is 8.90. The van der Waals surface area contributed by atoms with Gasteiger partial charge in [-0.15, -0.1) is 0 Å². The molecule has 2 saturated carbocycles. The van der Waals surface area contributed by atoms with Crippen LogP contribution in [0.2, 0.25) is 0 Å². The molecule has 0 unspecified atom stereocenters. The number of Topliss-reactive ketones (excluding diaryl/α,β-unsaturated/α-hetero) is 1. The molecule has 0 N–H and O–H groups in total. The van der Waals surface area contributed by atoms with E-state index in [0.717, 1.165) is 18.3 Å². The van der Waals surface area contributed by atoms with Gasteiger partial charge in [-0.1, -0.05) is 0 Å². The smallest absolute Gasteiger partial charge is 0.146 e. The van der Waals surface area contributed by atoms with E-state index in [-0.39, 0.29) is 6.04 Å². The molecule has 2 nitrogen and oxygen atoms in total. The summed E-state index contributed by atoms with van der Waals surface area (Å²) in [6, 6.07) is 0.235. The van der Waals surface area contributed by atoms with Gasteiger partial charge in [0, 0.05) is 6.54 Å². The molecule has 14 heavy (non-hydrogen) atoms. The number of carbonyl (C=O) groups is 1. The van der Waals surface area contributed by atoms with Crippen LogP contribution in [0, 0.1) is 17.3 Å². The molecule has 0 aromatic carbocycles. The molecule has 1 saturated heterocycles. The molecule has 3 fully saturated rings. The molecule has 1 spiro atoms. The molecule has 0 aromatic heterocycles. The average Bonchev–Trinajstić information content (AvgIpc) is 2.92. The van der Waals surface area contributed by atoms with Gasteiger partial charge in [0.25, 0.3) is 0 Å². The van der Waals surface area contributed by atoms with Crippen molar-refractivity contribution in [2.75, 3.05) is 13.6 Å². The SMILES string of the molecule is CC(=O)[C@@H]1C[C@]2(C[C@@H]2C2CC2)CN1C. The number of rotatable bonds is 2. The van der Waals surface area contributed by atoms with Crippen LogP contribution >= 0.6 is 0 Å². The summed E-state index contributed by atoms with van der Waals surface area (Å²) in [7, 11) is 2.11. The topological polar surface area (TPSA) is 20.3 Å². The number of nitrogens with zero attached hydrogens (tertiary/aromatic N) is 1.